The van der Waals surface area contributed by atoms with E-state index in [0.717, 1.165) is 18.4 Å². The Morgan fingerprint density at radius 2 is 2.13 bits per heavy atom. The third-order valence-corrected chi connectivity index (χ3v) is 2.48. The summed E-state index contributed by atoms with van der Waals surface area (Å²) >= 11 is 0. The summed E-state index contributed by atoms with van der Waals surface area (Å²) in [5.74, 6) is 0.408. The standard InChI is InChI=1S/C14H19F/c1-4-5-6-11(2)9-13-7-8-14(15)12(3)10-13/h5-8,10-11H,4,9H2,1-3H3/b6-5-. The van der Waals surface area contributed by atoms with Gasteiger partial charge in [-0.15, -0.1) is 0 Å². The van der Waals surface area contributed by atoms with Crippen molar-refractivity contribution in [2.45, 2.75) is 33.6 Å². The molecule has 0 heterocycles. The van der Waals surface area contributed by atoms with Crippen molar-refractivity contribution in [3.8, 4) is 0 Å². The minimum absolute atomic E-state index is 0.115. The Balaban J connectivity index is 2.64. The highest BCUT2D eigenvalue weighted by atomic mass is 19.1. The highest BCUT2D eigenvalue weighted by Crippen LogP contribution is 2.14. The first-order valence-corrected chi connectivity index (χ1v) is 5.55. The zero-order valence-electron chi connectivity index (χ0n) is 9.76. The number of hydrogen-bond acceptors (Lipinski definition) is 0. The Kier molecular flexibility index (Phi) is 4.54. The smallest absolute Gasteiger partial charge is 0.126 e. The fraction of sp³-hybridized carbons (Fsp3) is 0.429. The van der Waals surface area contributed by atoms with Gasteiger partial charge in [-0.2, -0.15) is 0 Å². The molecule has 15 heavy (non-hydrogen) atoms. The lowest BCUT2D eigenvalue weighted by Gasteiger charge is -2.07. The van der Waals surface area contributed by atoms with Crippen LogP contribution in [0.4, 0.5) is 4.39 Å². The lowest BCUT2D eigenvalue weighted by molar-refractivity contribution is 0.616. The van der Waals surface area contributed by atoms with Gasteiger partial charge in [-0.3, -0.25) is 0 Å². The lowest BCUT2D eigenvalue weighted by Crippen LogP contribution is -1.97. The average Bonchev–Trinajstić information content (AvgIpc) is 2.20. The van der Waals surface area contributed by atoms with Gasteiger partial charge >= 0.3 is 0 Å². The van der Waals surface area contributed by atoms with Gasteiger partial charge in [0.1, 0.15) is 5.82 Å². The molecular weight excluding hydrogens is 187 g/mol. The van der Waals surface area contributed by atoms with Crippen molar-refractivity contribution in [1.82, 2.24) is 0 Å². The molecule has 0 amide bonds. The van der Waals surface area contributed by atoms with Crippen LogP contribution in [0.2, 0.25) is 0 Å². The van der Waals surface area contributed by atoms with Crippen LogP contribution in [0.15, 0.2) is 30.4 Å². The number of allylic oxidation sites excluding steroid dienone is 2. The maximum absolute atomic E-state index is 13.0. The molecule has 0 aromatic heterocycles. The summed E-state index contributed by atoms with van der Waals surface area (Å²) < 4.78 is 13.0. The van der Waals surface area contributed by atoms with Crippen LogP contribution < -0.4 is 0 Å². The van der Waals surface area contributed by atoms with E-state index in [0.29, 0.717) is 5.92 Å². The number of hydrogen-bond donors (Lipinski definition) is 0. The minimum Gasteiger partial charge on any atom is -0.207 e. The summed E-state index contributed by atoms with van der Waals surface area (Å²) in [4.78, 5) is 0. The SMILES string of the molecule is CC/C=C\C(C)Cc1ccc(F)c(C)c1. The number of aryl methyl sites for hydroxylation is 1. The van der Waals surface area contributed by atoms with E-state index < -0.39 is 0 Å². The Hall–Kier alpha value is -1.11. The summed E-state index contributed by atoms with van der Waals surface area (Å²) in [5.41, 5.74) is 1.95. The Bertz CT molecular complexity index is 339. The van der Waals surface area contributed by atoms with Crippen LogP contribution in [0, 0.1) is 18.7 Å². The molecule has 0 spiro atoms. The molecule has 0 nitrogen and oxygen atoms in total. The van der Waals surface area contributed by atoms with Gasteiger partial charge in [0.2, 0.25) is 0 Å². The lowest BCUT2D eigenvalue weighted by atomic mass is 9.99. The van der Waals surface area contributed by atoms with Gasteiger partial charge in [-0.25, -0.2) is 4.39 Å². The van der Waals surface area contributed by atoms with Crippen molar-refractivity contribution in [3.63, 3.8) is 0 Å². The van der Waals surface area contributed by atoms with Gasteiger partial charge < -0.3 is 0 Å². The first kappa shape index (κ1) is 12.0. The van der Waals surface area contributed by atoms with Gasteiger partial charge in [0.15, 0.2) is 0 Å². The van der Waals surface area contributed by atoms with Crippen LogP contribution >= 0.6 is 0 Å². The van der Waals surface area contributed by atoms with E-state index in [-0.39, 0.29) is 5.82 Å². The molecule has 0 bridgehead atoms. The molecule has 0 aliphatic heterocycles. The van der Waals surface area contributed by atoms with Gasteiger partial charge in [-0.05, 0) is 42.9 Å². The van der Waals surface area contributed by atoms with Crippen molar-refractivity contribution in [3.05, 3.63) is 47.3 Å². The van der Waals surface area contributed by atoms with Crippen LogP contribution in [0.25, 0.3) is 0 Å². The molecule has 82 valence electrons. The number of halogens is 1. The molecule has 0 N–H and O–H groups in total. The van der Waals surface area contributed by atoms with E-state index in [4.69, 9.17) is 0 Å². The molecule has 0 saturated heterocycles. The first-order chi connectivity index (χ1) is 7.13. The third kappa shape index (κ3) is 3.86. The molecule has 1 aromatic carbocycles. The molecule has 1 atom stereocenters. The number of benzene rings is 1. The maximum atomic E-state index is 13.0. The summed E-state index contributed by atoms with van der Waals surface area (Å²) in [7, 11) is 0. The van der Waals surface area contributed by atoms with Gasteiger partial charge in [0, 0.05) is 0 Å². The predicted molar refractivity (Wildman–Crippen MR) is 63.4 cm³/mol. The largest absolute Gasteiger partial charge is 0.207 e. The molecule has 1 heteroatoms. The monoisotopic (exact) mass is 206 g/mol. The Morgan fingerprint density at radius 3 is 2.73 bits per heavy atom. The van der Waals surface area contributed by atoms with E-state index in [9.17, 15) is 4.39 Å². The van der Waals surface area contributed by atoms with E-state index in [1.807, 2.05) is 19.1 Å². The predicted octanol–water partition coefficient (Wildman–Crippen LogP) is 4.28. The van der Waals surface area contributed by atoms with Crippen molar-refractivity contribution in [2.75, 3.05) is 0 Å². The Labute approximate surface area is 91.8 Å². The summed E-state index contributed by atoms with van der Waals surface area (Å²) in [6.07, 6.45) is 6.46. The van der Waals surface area contributed by atoms with Crippen LogP contribution in [-0.2, 0) is 6.42 Å². The van der Waals surface area contributed by atoms with Crippen molar-refractivity contribution >= 4 is 0 Å². The molecule has 0 aliphatic carbocycles. The quantitative estimate of drug-likeness (QED) is 0.645. The molecular formula is C14H19F. The summed E-state index contributed by atoms with van der Waals surface area (Å²) in [6.45, 7) is 6.13. The topological polar surface area (TPSA) is 0 Å². The van der Waals surface area contributed by atoms with Crippen LogP contribution in [-0.4, -0.2) is 0 Å². The van der Waals surface area contributed by atoms with Crippen LogP contribution in [0.1, 0.15) is 31.4 Å². The van der Waals surface area contributed by atoms with Gasteiger partial charge in [0.05, 0.1) is 0 Å². The zero-order valence-corrected chi connectivity index (χ0v) is 9.76. The summed E-state index contributed by atoms with van der Waals surface area (Å²) in [6, 6.07) is 5.37. The zero-order chi connectivity index (χ0) is 11.3. The minimum atomic E-state index is -0.115. The average molecular weight is 206 g/mol. The third-order valence-electron chi connectivity index (χ3n) is 2.48. The summed E-state index contributed by atoms with van der Waals surface area (Å²) in [5, 5.41) is 0. The Morgan fingerprint density at radius 1 is 1.40 bits per heavy atom. The highest BCUT2D eigenvalue weighted by molar-refractivity contribution is 5.24. The highest BCUT2D eigenvalue weighted by Gasteiger charge is 2.02. The molecule has 0 radical (unpaired) electrons. The fourth-order valence-corrected chi connectivity index (χ4v) is 1.64. The number of rotatable bonds is 4. The molecule has 0 saturated carbocycles. The fourth-order valence-electron chi connectivity index (χ4n) is 1.64. The molecule has 1 unspecified atom stereocenters. The van der Waals surface area contributed by atoms with E-state index in [1.165, 1.54) is 5.56 Å². The molecule has 1 aromatic rings. The maximum Gasteiger partial charge on any atom is 0.126 e. The van der Waals surface area contributed by atoms with Crippen LogP contribution in [0.3, 0.4) is 0 Å². The molecule has 1 rings (SSSR count). The van der Waals surface area contributed by atoms with Gasteiger partial charge in [-0.1, -0.05) is 38.1 Å². The second kappa shape index (κ2) is 5.69. The van der Waals surface area contributed by atoms with E-state index in [1.54, 1.807) is 6.07 Å². The van der Waals surface area contributed by atoms with Gasteiger partial charge in [0.25, 0.3) is 0 Å². The van der Waals surface area contributed by atoms with Crippen LogP contribution in [0.5, 0.6) is 0 Å². The van der Waals surface area contributed by atoms with Crippen molar-refractivity contribution < 1.29 is 4.39 Å². The normalized spacial score (nSPS) is 13.3. The van der Waals surface area contributed by atoms with E-state index >= 15 is 0 Å². The van der Waals surface area contributed by atoms with Crippen molar-refractivity contribution in [1.29, 1.82) is 0 Å². The molecule has 0 fully saturated rings. The van der Waals surface area contributed by atoms with E-state index in [2.05, 4.69) is 26.0 Å². The second-order valence-corrected chi connectivity index (χ2v) is 4.10. The first-order valence-electron chi connectivity index (χ1n) is 5.55. The molecule has 0 aliphatic rings. The van der Waals surface area contributed by atoms with Crippen molar-refractivity contribution in [2.24, 2.45) is 5.92 Å². The second-order valence-electron chi connectivity index (χ2n) is 4.10.